The van der Waals surface area contributed by atoms with Crippen molar-refractivity contribution in [1.82, 2.24) is 0 Å². The lowest BCUT2D eigenvalue weighted by molar-refractivity contribution is -0.137. The first-order valence-electron chi connectivity index (χ1n) is 5.01. The quantitative estimate of drug-likeness (QED) is 0.879. The first-order chi connectivity index (χ1) is 7.65. The molecule has 0 unspecified atom stereocenters. The van der Waals surface area contributed by atoms with Gasteiger partial charge in [0.1, 0.15) is 0 Å². The first-order valence-corrected chi connectivity index (χ1v) is 5.38. The molecule has 17 heavy (non-hydrogen) atoms. The number of hydrogen-bond donors (Lipinski definition) is 2. The van der Waals surface area contributed by atoms with Crippen molar-refractivity contribution in [1.29, 1.82) is 0 Å². The zero-order valence-corrected chi connectivity index (χ0v) is 10.3. The van der Waals surface area contributed by atoms with E-state index >= 15 is 0 Å². The minimum absolute atomic E-state index is 0.233. The molecule has 6 heteroatoms. The highest BCUT2D eigenvalue weighted by molar-refractivity contribution is 6.33. The third-order valence-electron chi connectivity index (χ3n) is 2.28. The molecule has 0 aromatic heterocycles. The number of hydrogen-bond acceptors (Lipinski definition) is 2. The van der Waals surface area contributed by atoms with Crippen LogP contribution < -0.4 is 11.1 Å². The third kappa shape index (κ3) is 3.78. The van der Waals surface area contributed by atoms with Crippen molar-refractivity contribution < 1.29 is 13.2 Å². The van der Waals surface area contributed by atoms with Gasteiger partial charge in [0.05, 0.1) is 16.3 Å². The van der Waals surface area contributed by atoms with Crippen LogP contribution >= 0.6 is 11.6 Å². The monoisotopic (exact) mass is 266 g/mol. The average molecular weight is 267 g/mol. The molecule has 0 aliphatic carbocycles. The molecule has 0 saturated carbocycles. The molecule has 0 fully saturated rings. The Morgan fingerprint density at radius 1 is 1.29 bits per heavy atom. The molecule has 0 heterocycles. The summed E-state index contributed by atoms with van der Waals surface area (Å²) in [4.78, 5) is 0. The summed E-state index contributed by atoms with van der Waals surface area (Å²) in [5, 5.41) is 3.13. The number of nitrogens with two attached hydrogens (primary N) is 1. The fourth-order valence-electron chi connectivity index (χ4n) is 1.21. The molecule has 0 radical (unpaired) electrons. The summed E-state index contributed by atoms with van der Waals surface area (Å²) in [6.45, 7) is 3.84. The fourth-order valence-corrected chi connectivity index (χ4v) is 1.38. The van der Waals surface area contributed by atoms with Crippen molar-refractivity contribution in [2.24, 2.45) is 5.73 Å². The van der Waals surface area contributed by atoms with Crippen LogP contribution in [0.2, 0.25) is 5.02 Å². The third-order valence-corrected chi connectivity index (χ3v) is 2.61. The summed E-state index contributed by atoms with van der Waals surface area (Å²) in [6, 6.07) is 3.15. The Morgan fingerprint density at radius 2 is 1.88 bits per heavy atom. The van der Waals surface area contributed by atoms with Gasteiger partial charge in [0.2, 0.25) is 0 Å². The molecule has 0 amide bonds. The molecular formula is C11H14ClF3N2. The molecule has 0 saturated heterocycles. The van der Waals surface area contributed by atoms with Gasteiger partial charge in [-0.3, -0.25) is 0 Å². The number of benzene rings is 1. The van der Waals surface area contributed by atoms with E-state index in [0.29, 0.717) is 0 Å². The standard InChI is InChI=1S/C11H14ClF3N2/c1-10(2,6-16)17-9-5-7(11(13,14)15)3-4-8(9)12/h3-5,17H,6,16H2,1-2H3. The Labute approximate surface area is 103 Å². The molecule has 2 nitrogen and oxygen atoms in total. The van der Waals surface area contributed by atoms with Gasteiger partial charge >= 0.3 is 6.18 Å². The molecule has 3 N–H and O–H groups in total. The maximum Gasteiger partial charge on any atom is 0.416 e. The Balaban J connectivity index is 3.08. The average Bonchev–Trinajstić information content (AvgIpc) is 2.19. The van der Waals surface area contributed by atoms with Gasteiger partial charge in [0.15, 0.2) is 0 Å². The van der Waals surface area contributed by atoms with Gasteiger partial charge in [-0.1, -0.05) is 11.6 Å². The first kappa shape index (κ1) is 14.1. The Kier molecular flexibility index (Phi) is 3.94. The van der Waals surface area contributed by atoms with Crippen molar-refractivity contribution in [3.05, 3.63) is 28.8 Å². The van der Waals surface area contributed by atoms with Gasteiger partial charge in [-0.05, 0) is 32.0 Å². The minimum atomic E-state index is -4.38. The van der Waals surface area contributed by atoms with Crippen molar-refractivity contribution in [2.45, 2.75) is 25.6 Å². The number of rotatable bonds is 3. The lowest BCUT2D eigenvalue weighted by atomic mass is 10.1. The van der Waals surface area contributed by atoms with Crippen LogP contribution in [0, 0.1) is 0 Å². The molecule has 0 aliphatic rings. The maximum atomic E-state index is 12.5. The summed E-state index contributed by atoms with van der Waals surface area (Å²) in [7, 11) is 0. The predicted molar refractivity (Wildman–Crippen MR) is 63.2 cm³/mol. The SMILES string of the molecule is CC(C)(CN)Nc1cc(C(F)(F)F)ccc1Cl. The van der Waals surface area contributed by atoms with E-state index in [1.54, 1.807) is 13.8 Å². The topological polar surface area (TPSA) is 38.0 Å². The molecule has 96 valence electrons. The number of anilines is 1. The van der Waals surface area contributed by atoms with Gasteiger partial charge in [-0.15, -0.1) is 0 Å². The number of halogens is 4. The second kappa shape index (κ2) is 4.74. The van der Waals surface area contributed by atoms with Crippen LogP contribution in [-0.2, 0) is 6.18 Å². The lowest BCUT2D eigenvalue weighted by Crippen LogP contribution is -2.39. The van der Waals surface area contributed by atoms with E-state index < -0.39 is 17.3 Å². The maximum absolute atomic E-state index is 12.5. The van der Waals surface area contributed by atoms with E-state index in [0.717, 1.165) is 12.1 Å². The van der Waals surface area contributed by atoms with Gasteiger partial charge in [-0.25, -0.2) is 0 Å². The molecular weight excluding hydrogens is 253 g/mol. The Bertz CT molecular complexity index is 402. The van der Waals surface area contributed by atoms with Crippen LogP contribution in [0.1, 0.15) is 19.4 Å². The van der Waals surface area contributed by atoms with Gasteiger partial charge < -0.3 is 11.1 Å². The van der Waals surface area contributed by atoms with E-state index in [2.05, 4.69) is 5.32 Å². The molecule has 1 aromatic rings. The molecule has 0 spiro atoms. The van der Waals surface area contributed by atoms with Gasteiger partial charge in [0, 0.05) is 12.1 Å². The van der Waals surface area contributed by atoms with E-state index in [-0.39, 0.29) is 17.3 Å². The predicted octanol–water partition coefficient (Wildman–Crippen LogP) is 3.51. The van der Waals surface area contributed by atoms with E-state index in [4.69, 9.17) is 17.3 Å². The highest BCUT2D eigenvalue weighted by Gasteiger charge is 2.31. The van der Waals surface area contributed by atoms with Gasteiger partial charge in [-0.2, -0.15) is 13.2 Å². The van der Waals surface area contributed by atoms with E-state index in [9.17, 15) is 13.2 Å². The fraction of sp³-hybridized carbons (Fsp3) is 0.455. The van der Waals surface area contributed by atoms with E-state index in [1.165, 1.54) is 6.07 Å². The number of alkyl halides is 3. The molecule has 0 atom stereocenters. The lowest BCUT2D eigenvalue weighted by Gasteiger charge is -2.26. The van der Waals surface area contributed by atoms with Crippen LogP contribution in [0.3, 0.4) is 0 Å². The van der Waals surface area contributed by atoms with Crippen molar-refractivity contribution in [3.8, 4) is 0 Å². The second-order valence-corrected chi connectivity index (χ2v) is 4.81. The minimum Gasteiger partial charge on any atom is -0.378 e. The van der Waals surface area contributed by atoms with Crippen molar-refractivity contribution in [2.75, 3.05) is 11.9 Å². The summed E-state index contributed by atoms with van der Waals surface area (Å²) >= 11 is 5.84. The highest BCUT2D eigenvalue weighted by Crippen LogP contribution is 2.34. The van der Waals surface area contributed by atoms with Gasteiger partial charge in [0.25, 0.3) is 0 Å². The highest BCUT2D eigenvalue weighted by atomic mass is 35.5. The van der Waals surface area contributed by atoms with Crippen LogP contribution in [0.4, 0.5) is 18.9 Å². The zero-order valence-electron chi connectivity index (χ0n) is 9.53. The zero-order chi connectivity index (χ0) is 13.3. The van der Waals surface area contributed by atoms with Crippen molar-refractivity contribution in [3.63, 3.8) is 0 Å². The van der Waals surface area contributed by atoms with Crippen LogP contribution in [-0.4, -0.2) is 12.1 Å². The summed E-state index contributed by atoms with van der Waals surface area (Å²) in [5.41, 5.74) is 4.47. The molecule has 1 rings (SSSR count). The number of nitrogens with one attached hydrogen (secondary N) is 1. The Hall–Kier alpha value is -0.940. The molecule has 1 aromatic carbocycles. The summed E-state index contributed by atoms with van der Waals surface area (Å²) in [6.07, 6.45) is -4.38. The Morgan fingerprint density at radius 3 is 2.35 bits per heavy atom. The molecule has 0 bridgehead atoms. The van der Waals surface area contributed by atoms with Crippen molar-refractivity contribution >= 4 is 17.3 Å². The van der Waals surface area contributed by atoms with Crippen LogP contribution in [0.25, 0.3) is 0 Å². The van der Waals surface area contributed by atoms with Crippen LogP contribution in [0.5, 0.6) is 0 Å². The normalized spacial score (nSPS) is 12.6. The van der Waals surface area contributed by atoms with Crippen LogP contribution in [0.15, 0.2) is 18.2 Å². The molecule has 0 aliphatic heterocycles. The smallest absolute Gasteiger partial charge is 0.378 e. The van der Waals surface area contributed by atoms with E-state index in [1.807, 2.05) is 0 Å². The summed E-state index contributed by atoms with van der Waals surface area (Å²) in [5.74, 6) is 0. The second-order valence-electron chi connectivity index (χ2n) is 4.41. The largest absolute Gasteiger partial charge is 0.416 e. The summed E-state index contributed by atoms with van der Waals surface area (Å²) < 4.78 is 37.6.